The Labute approximate surface area is 103 Å². The molecule has 4 heteroatoms. The quantitative estimate of drug-likeness (QED) is 0.760. The monoisotopic (exact) mass is 249 g/mol. The molecule has 0 saturated carbocycles. The van der Waals surface area contributed by atoms with E-state index in [1.54, 1.807) is 16.2 Å². The molecule has 1 aromatic heterocycles. The molecular formula is C13H12FNOS. The highest BCUT2D eigenvalue weighted by atomic mass is 32.1. The Kier molecular flexibility index (Phi) is 2.59. The van der Waals surface area contributed by atoms with Gasteiger partial charge in [-0.2, -0.15) is 0 Å². The molecule has 2 heterocycles. The number of likely N-dealkylation sites (tertiary alicyclic amines) is 1. The van der Waals surface area contributed by atoms with Gasteiger partial charge < -0.3 is 4.90 Å². The zero-order valence-corrected chi connectivity index (χ0v) is 10.0. The third-order valence-corrected chi connectivity index (χ3v) is 4.09. The summed E-state index contributed by atoms with van der Waals surface area (Å²) < 4.78 is 14.2. The minimum absolute atomic E-state index is 0.0393. The molecular weight excluding hydrogens is 237 g/mol. The zero-order valence-electron chi connectivity index (χ0n) is 9.23. The van der Waals surface area contributed by atoms with Crippen LogP contribution in [0.2, 0.25) is 0 Å². The van der Waals surface area contributed by atoms with Crippen LogP contribution < -0.4 is 0 Å². The van der Waals surface area contributed by atoms with Gasteiger partial charge >= 0.3 is 0 Å². The van der Waals surface area contributed by atoms with Gasteiger partial charge in [0.05, 0.1) is 12.1 Å². The van der Waals surface area contributed by atoms with Crippen LogP contribution in [0.15, 0.2) is 29.6 Å². The number of hydrogen-bond donors (Lipinski definition) is 0. The molecule has 1 aliphatic rings. The predicted octanol–water partition coefficient (Wildman–Crippen LogP) is 3.09. The summed E-state index contributed by atoms with van der Waals surface area (Å²) in [5.74, 6) is -0.0393. The maximum absolute atomic E-state index is 13.1. The molecule has 17 heavy (non-hydrogen) atoms. The van der Waals surface area contributed by atoms with E-state index < -0.39 is 6.17 Å². The lowest BCUT2D eigenvalue weighted by molar-refractivity contribution is 0.0785. The molecule has 1 amide bonds. The number of halogens is 1. The Bertz CT molecular complexity index is 565. The van der Waals surface area contributed by atoms with E-state index in [1.165, 1.54) is 0 Å². The number of nitrogens with zero attached hydrogens (tertiary/aromatic N) is 1. The maximum Gasteiger partial charge on any atom is 0.255 e. The number of carbonyl (C=O) groups excluding carboxylic acids is 1. The molecule has 2 aromatic rings. The summed E-state index contributed by atoms with van der Waals surface area (Å²) in [6.07, 6.45) is -0.391. The molecule has 1 fully saturated rings. The van der Waals surface area contributed by atoms with Crippen LogP contribution in [0.25, 0.3) is 10.1 Å². The number of benzene rings is 1. The third kappa shape index (κ3) is 1.82. The number of thiophene rings is 1. The van der Waals surface area contributed by atoms with E-state index in [0.717, 1.165) is 10.1 Å². The van der Waals surface area contributed by atoms with Gasteiger partial charge in [0.2, 0.25) is 0 Å². The van der Waals surface area contributed by atoms with Crippen LogP contribution in [0.3, 0.4) is 0 Å². The predicted molar refractivity (Wildman–Crippen MR) is 67.2 cm³/mol. The summed E-state index contributed by atoms with van der Waals surface area (Å²) in [7, 11) is 0. The van der Waals surface area contributed by atoms with Crippen molar-refractivity contribution in [2.24, 2.45) is 0 Å². The normalized spacial score (nSPS) is 20.1. The number of hydrogen-bond acceptors (Lipinski definition) is 2. The van der Waals surface area contributed by atoms with Gasteiger partial charge in [-0.05, 0) is 12.5 Å². The molecule has 1 atom stereocenters. The molecule has 0 spiro atoms. The lowest BCUT2D eigenvalue weighted by atomic mass is 10.1. The van der Waals surface area contributed by atoms with Crippen LogP contribution in [0.1, 0.15) is 16.8 Å². The lowest BCUT2D eigenvalue weighted by Gasteiger charge is -2.14. The largest absolute Gasteiger partial charge is 0.336 e. The highest BCUT2D eigenvalue weighted by Crippen LogP contribution is 2.27. The number of amides is 1. The first kappa shape index (κ1) is 10.7. The fourth-order valence-corrected chi connectivity index (χ4v) is 3.15. The first-order valence-corrected chi connectivity index (χ1v) is 6.53. The van der Waals surface area contributed by atoms with E-state index in [2.05, 4.69) is 0 Å². The van der Waals surface area contributed by atoms with Crippen LogP contribution in [0.5, 0.6) is 0 Å². The summed E-state index contributed by atoms with van der Waals surface area (Å²) in [4.78, 5) is 13.8. The van der Waals surface area contributed by atoms with Gasteiger partial charge in [-0.3, -0.25) is 4.79 Å². The SMILES string of the molecule is O=C(c1csc2ccccc12)N1CC[C@H](F)C1. The van der Waals surface area contributed by atoms with Gasteiger partial charge in [0.25, 0.3) is 5.91 Å². The average molecular weight is 249 g/mol. The minimum Gasteiger partial charge on any atom is -0.336 e. The fraction of sp³-hybridized carbons (Fsp3) is 0.308. The molecule has 3 rings (SSSR count). The summed E-state index contributed by atoms with van der Waals surface area (Å²) >= 11 is 1.56. The Morgan fingerprint density at radius 3 is 3.00 bits per heavy atom. The second-order valence-corrected chi connectivity index (χ2v) is 5.19. The van der Waals surface area contributed by atoms with Gasteiger partial charge in [0.15, 0.2) is 0 Å². The molecule has 1 aromatic carbocycles. The Balaban J connectivity index is 1.96. The van der Waals surface area contributed by atoms with Gasteiger partial charge in [-0.25, -0.2) is 4.39 Å². The van der Waals surface area contributed by atoms with Crippen LogP contribution in [0, 0.1) is 0 Å². The molecule has 0 unspecified atom stereocenters. The van der Waals surface area contributed by atoms with Gasteiger partial charge in [-0.1, -0.05) is 18.2 Å². The van der Waals surface area contributed by atoms with Crippen molar-refractivity contribution in [1.29, 1.82) is 0 Å². The van der Waals surface area contributed by atoms with Gasteiger partial charge in [0, 0.05) is 22.0 Å². The van der Waals surface area contributed by atoms with Crippen LogP contribution in [-0.4, -0.2) is 30.1 Å². The number of alkyl halides is 1. The molecule has 0 aliphatic carbocycles. The summed E-state index contributed by atoms with van der Waals surface area (Å²) in [6, 6.07) is 7.83. The van der Waals surface area contributed by atoms with Crippen molar-refractivity contribution in [2.75, 3.05) is 13.1 Å². The zero-order chi connectivity index (χ0) is 11.8. The van der Waals surface area contributed by atoms with Crippen LogP contribution >= 0.6 is 11.3 Å². The second-order valence-electron chi connectivity index (χ2n) is 4.28. The summed E-state index contributed by atoms with van der Waals surface area (Å²) in [5, 5.41) is 2.85. The number of carbonyl (C=O) groups is 1. The van der Waals surface area contributed by atoms with E-state index >= 15 is 0 Å². The fourth-order valence-electron chi connectivity index (χ4n) is 2.22. The Morgan fingerprint density at radius 1 is 1.41 bits per heavy atom. The van der Waals surface area contributed by atoms with Gasteiger partial charge in [0.1, 0.15) is 6.17 Å². The Hall–Kier alpha value is -1.42. The highest BCUT2D eigenvalue weighted by molar-refractivity contribution is 7.17. The van der Waals surface area contributed by atoms with Crippen LogP contribution in [-0.2, 0) is 0 Å². The first-order valence-electron chi connectivity index (χ1n) is 5.65. The molecule has 1 aliphatic heterocycles. The lowest BCUT2D eigenvalue weighted by Crippen LogP contribution is -2.28. The summed E-state index contributed by atoms with van der Waals surface area (Å²) in [5.41, 5.74) is 0.708. The van der Waals surface area contributed by atoms with Crippen molar-refractivity contribution in [1.82, 2.24) is 4.90 Å². The van der Waals surface area contributed by atoms with E-state index in [9.17, 15) is 9.18 Å². The number of rotatable bonds is 1. The van der Waals surface area contributed by atoms with Crippen molar-refractivity contribution in [3.8, 4) is 0 Å². The van der Waals surface area contributed by atoms with E-state index in [4.69, 9.17) is 0 Å². The average Bonchev–Trinajstić information content (AvgIpc) is 2.94. The Morgan fingerprint density at radius 2 is 2.24 bits per heavy atom. The highest BCUT2D eigenvalue weighted by Gasteiger charge is 2.27. The summed E-state index contributed by atoms with van der Waals surface area (Å²) in [6.45, 7) is 0.771. The second kappa shape index (κ2) is 4.11. The van der Waals surface area contributed by atoms with E-state index in [-0.39, 0.29) is 12.5 Å². The molecule has 0 N–H and O–H groups in total. The maximum atomic E-state index is 13.1. The van der Waals surface area contributed by atoms with Crippen molar-refractivity contribution in [3.63, 3.8) is 0 Å². The van der Waals surface area contributed by atoms with Crippen molar-refractivity contribution >= 4 is 27.3 Å². The standard InChI is InChI=1S/C13H12FNOS/c14-9-5-6-15(7-9)13(16)11-8-17-12-4-2-1-3-10(11)12/h1-4,8-9H,5-7H2/t9-/m0/s1. The van der Waals surface area contributed by atoms with Crippen molar-refractivity contribution < 1.29 is 9.18 Å². The van der Waals surface area contributed by atoms with Gasteiger partial charge in [-0.15, -0.1) is 11.3 Å². The minimum atomic E-state index is -0.858. The number of fused-ring (bicyclic) bond motifs is 1. The third-order valence-electron chi connectivity index (χ3n) is 3.13. The van der Waals surface area contributed by atoms with Crippen LogP contribution in [0.4, 0.5) is 4.39 Å². The van der Waals surface area contributed by atoms with Crippen molar-refractivity contribution in [2.45, 2.75) is 12.6 Å². The first-order chi connectivity index (χ1) is 8.25. The van der Waals surface area contributed by atoms with Crippen molar-refractivity contribution in [3.05, 3.63) is 35.2 Å². The molecule has 0 bridgehead atoms. The smallest absolute Gasteiger partial charge is 0.255 e. The molecule has 0 radical (unpaired) electrons. The topological polar surface area (TPSA) is 20.3 Å². The van der Waals surface area contributed by atoms with E-state index in [1.807, 2.05) is 29.6 Å². The van der Waals surface area contributed by atoms with E-state index in [0.29, 0.717) is 18.5 Å². The molecule has 2 nitrogen and oxygen atoms in total. The molecule has 88 valence electrons. The molecule has 1 saturated heterocycles.